The Hall–Kier alpha value is -1.92. The molecule has 32 heavy (non-hydrogen) atoms. The van der Waals surface area contributed by atoms with E-state index < -0.39 is 5.54 Å². The molecular weight excluding hydrogens is 402 g/mol. The highest BCUT2D eigenvalue weighted by Gasteiger charge is 2.66. The number of ether oxygens (including phenoxy) is 2. The van der Waals surface area contributed by atoms with Crippen LogP contribution < -0.4 is 5.73 Å². The lowest BCUT2D eigenvalue weighted by Crippen LogP contribution is -2.54. The number of amides is 1. The Kier molecular flexibility index (Phi) is 4.88. The van der Waals surface area contributed by atoms with Crippen molar-refractivity contribution < 1.29 is 14.3 Å². The van der Waals surface area contributed by atoms with E-state index in [2.05, 4.69) is 18.2 Å². The van der Waals surface area contributed by atoms with Gasteiger partial charge in [0.15, 0.2) is 11.5 Å². The van der Waals surface area contributed by atoms with Crippen molar-refractivity contribution in [3.8, 4) is 0 Å². The number of carbonyl (C=O) groups is 1. The lowest BCUT2D eigenvalue weighted by Gasteiger charge is -2.45. The van der Waals surface area contributed by atoms with Gasteiger partial charge in [0, 0.05) is 19.1 Å². The molecule has 2 aliphatic heterocycles. The van der Waals surface area contributed by atoms with E-state index in [9.17, 15) is 4.79 Å². The maximum absolute atomic E-state index is 14.2. The first-order valence-electron chi connectivity index (χ1n) is 12.5. The molecule has 1 amide bonds. The van der Waals surface area contributed by atoms with Gasteiger partial charge in [-0.05, 0) is 74.0 Å². The molecule has 5 aliphatic rings. The van der Waals surface area contributed by atoms with Gasteiger partial charge in [-0.2, -0.15) is 0 Å². The van der Waals surface area contributed by atoms with Gasteiger partial charge in [-0.1, -0.05) is 31.0 Å². The van der Waals surface area contributed by atoms with E-state index in [0.717, 1.165) is 63.0 Å². The molecule has 6 rings (SSSR count). The highest BCUT2D eigenvalue weighted by molar-refractivity contribution is 6.08. The number of methoxy groups -OCH3 is 1. The van der Waals surface area contributed by atoms with Gasteiger partial charge >= 0.3 is 0 Å². The van der Waals surface area contributed by atoms with Crippen LogP contribution in [0.1, 0.15) is 68.1 Å². The molecule has 1 aromatic carbocycles. The molecule has 2 N–H and O–H groups in total. The van der Waals surface area contributed by atoms with Crippen LogP contribution in [-0.4, -0.2) is 49.2 Å². The maximum atomic E-state index is 14.2. The molecule has 172 valence electrons. The van der Waals surface area contributed by atoms with Crippen molar-refractivity contribution >= 4 is 11.9 Å². The number of nitrogens with two attached hydrogens (primary N) is 1. The molecule has 0 aromatic heterocycles. The Balaban J connectivity index is 1.39. The lowest BCUT2D eigenvalue weighted by molar-refractivity contribution is -0.141. The summed E-state index contributed by atoms with van der Waals surface area (Å²) < 4.78 is 11.3. The zero-order valence-electron chi connectivity index (χ0n) is 19.1. The number of aliphatic imine (C=N–C) groups is 1. The summed E-state index contributed by atoms with van der Waals surface area (Å²) in [6, 6.07) is 6.85. The van der Waals surface area contributed by atoms with Crippen molar-refractivity contribution in [2.75, 3.05) is 20.3 Å². The summed E-state index contributed by atoms with van der Waals surface area (Å²) >= 11 is 0. The number of carbonyl (C=O) groups excluding carboxylic acids is 1. The fourth-order valence-electron chi connectivity index (χ4n) is 6.65. The van der Waals surface area contributed by atoms with Crippen LogP contribution in [0.3, 0.4) is 0 Å². The average Bonchev–Trinajstić information content (AvgIpc) is 3.52. The van der Waals surface area contributed by atoms with Gasteiger partial charge in [-0.15, -0.1) is 0 Å². The molecule has 1 saturated heterocycles. The van der Waals surface area contributed by atoms with Crippen molar-refractivity contribution in [2.24, 2.45) is 22.1 Å². The minimum absolute atomic E-state index is 0.0689. The molecule has 6 heteroatoms. The highest BCUT2D eigenvalue weighted by Crippen LogP contribution is 2.62. The summed E-state index contributed by atoms with van der Waals surface area (Å²) in [4.78, 5) is 21.0. The predicted molar refractivity (Wildman–Crippen MR) is 122 cm³/mol. The van der Waals surface area contributed by atoms with E-state index in [4.69, 9.17) is 20.2 Å². The van der Waals surface area contributed by atoms with Gasteiger partial charge in [0.05, 0.1) is 18.8 Å². The standard InChI is InChI=1S/C26H35N3O3/c1-31-20-8-11-25(12-9-20)15-19-7-6-18(5-4-17-2-3-17)14-22(19)26(25)23(30)29(24(27)28-26)16-21-10-13-32-21/h6-7,14,17,20-21H,2-5,8-13,15-16H2,1H3,(H2,27,28)/t20?,21?,25?,26-/m1/s1. The van der Waals surface area contributed by atoms with Crippen molar-refractivity contribution in [2.45, 2.75) is 82.0 Å². The average molecular weight is 438 g/mol. The first-order chi connectivity index (χ1) is 15.5. The quantitative estimate of drug-likeness (QED) is 0.741. The first-order valence-corrected chi connectivity index (χ1v) is 12.5. The van der Waals surface area contributed by atoms with Crippen LogP contribution in [0.4, 0.5) is 0 Å². The number of aryl methyl sites for hydroxylation is 1. The fourth-order valence-corrected chi connectivity index (χ4v) is 6.65. The van der Waals surface area contributed by atoms with E-state index in [1.54, 1.807) is 12.0 Å². The smallest absolute Gasteiger partial charge is 0.262 e. The molecule has 1 unspecified atom stereocenters. The second-order valence-electron chi connectivity index (χ2n) is 10.7. The number of benzene rings is 1. The fraction of sp³-hybridized carbons (Fsp3) is 0.692. The SMILES string of the molecule is COC1CCC2(CC1)Cc1ccc(CCC3CC3)cc1[C@]21N=C(N)N(CC2CCO2)C1=O. The van der Waals surface area contributed by atoms with Gasteiger partial charge < -0.3 is 15.2 Å². The zero-order chi connectivity index (χ0) is 21.9. The summed E-state index contributed by atoms with van der Waals surface area (Å²) in [6.45, 7) is 1.29. The van der Waals surface area contributed by atoms with Crippen LogP contribution >= 0.6 is 0 Å². The number of hydrogen-bond acceptors (Lipinski definition) is 5. The molecule has 2 saturated carbocycles. The van der Waals surface area contributed by atoms with E-state index in [1.165, 1.54) is 30.4 Å². The van der Waals surface area contributed by atoms with E-state index in [0.29, 0.717) is 12.5 Å². The summed E-state index contributed by atoms with van der Waals surface area (Å²) in [7, 11) is 1.80. The summed E-state index contributed by atoms with van der Waals surface area (Å²) in [5.74, 6) is 1.34. The Labute approximate surface area is 190 Å². The van der Waals surface area contributed by atoms with Crippen LogP contribution in [0.5, 0.6) is 0 Å². The van der Waals surface area contributed by atoms with Crippen LogP contribution in [0, 0.1) is 11.3 Å². The number of guanidine groups is 1. The minimum Gasteiger partial charge on any atom is -0.381 e. The number of fused-ring (bicyclic) bond motifs is 3. The van der Waals surface area contributed by atoms with Crippen molar-refractivity contribution in [1.29, 1.82) is 0 Å². The van der Waals surface area contributed by atoms with E-state index >= 15 is 0 Å². The zero-order valence-corrected chi connectivity index (χ0v) is 19.1. The Bertz CT molecular complexity index is 944. The van der Waals surface area contributed by atoms with Crippen molar-refractivity contribution in [3.05, 3.63) is 34.9 Å². The van der Waals surface area contributed by atoms with Crippen LogP contribution in [0.2, 0.25) is 0 Å². The van der Waals surface area contributed by atoms with Gasteiger partial charge in [-0.3, -0.25) is 9.69 Å². The molecule has 3 fully saturated rings. The molecule has 2 spiro atoms. The summed E-state index contributed by atoms with van der Waals surface area (Å²) in [6.07, 6.45) is 11.1. The topological polar surface area (TPSA) is 77.2 Å². The molecule has 2 atom stereocenters. The van der Waals surface area contributed by atoms with Crippen molar-refractivity contribution in [1.82, 2.24) is 4.90 Å². The molecule has 2 heterocycles. The van der Waals surface area contributed by atoms with Crippen molar-refractivity contribution in [3.63, 3.8) is 0 Å². The number of rotatable bonds is 6. The largest absolute Gasteiger partial charge is 0.381 e. The number of hydrogen-bond donors (Lipinski definition) is 1. The monoisotopic (exact) mass is 437 g/mol. The second kappa shape index (κ2) is 7.56. The molecule has 0 radical (unpaired) electrons. The number of nitrogens with zero attached hydrogens (tertiary/aromatic N) is 2. The lowest BCUT2D eigenvalue weighted by atomic mass is 9.61. The molecule has 0 bridgehead atoms. The van der Waals surface area contributed by atoms with Gasteiger partial charge in [0.2, 0.25) is 0 Å². The molecule has 3 aliphatic carbocycles. The second-order valence-corrected chi connectivity index (χ2v) is 10.7. The van der Waals surface area contributed by atoms with Crippen LogP contribution in [0.15, 0.2) is 23.2 Å². The van der Waals surface area contributed by atoms with Gasteiger partial charge in [0.25, 0.3) is 5.91 Å². The minimum atomic E-state index is -0.884. The first kappa shape index (κ1) is 20.7. The highest BCUT2D eigenvalue weighted by atomic mass is 16.5. The summed E-state index contributed by atoms with van der Waals surface area (Å²) in [5, 5.41) is 0. The van der Waals surface area contributed by atoms with E-state index in [-0.39, 0.29) is 23.5 Å². The van der Waals surface area contributed by atoms with Crippen LogP contribution in [0.25, 0.3) is 0 Å². The van der Waals surface area contributed by atoms with Crippen LogP contribution in [-0.2, 0) is 32.6 Å². The normalized spacial score (nSPS) is 36.0. The third kappa shape index (κ3) is 3.06. The third-order valence-electron chi connectivity index (χ3n) is 8.91. The Morgan fingerprint density at radius 1 is 1.22 bits per heavy atom. The van der Waals surface area contributed by atoms with Gasteiger partial charge in [0.1, 0.15) is 0 Å². The van der Waals surface area contributed by atoms with Gasteiger partial charge in [-0.25, -0.2) is 4.99 Å². The molecule has 1 aromatic rings. The Morgan fingerprint density at radius 3 is 2.66 bits per heavy atom. The third-order valence-corrected chi connectivity index (χ3v) is 8.91. The predicted octanol–water partition coefficient (Wildman–Crippen LogP) is 3.30. The molecular formula is C26H35N3O3. The Morgan fingerprint density at radius 2 is 2.00 bits per heavy atom. The van der Waals surface area contributed by atoms with E-state index in [1.807, 2.05) is 0 Å². The maximum Gasteiger partial charge on any atom is 0.262 e. The molecule has 6 nitrogen and oxygen atoms in total. The summed E-state index contributed by atoms with van der Waals surface area (Å²) in [5.41, 5.74) is 9.11.